The van der Waals surface area contributed by atoms with Gasteiger partial charge in [-0.2, -0.15) is 0 Å². The summed E-state index contributed by atoms with van der Waals surface area (Å²) >= 11 is 1.86. The number of benzene rings is 5. The third-order valence-electron chi connectivity index (χ3n) is 7.95. The third-order valence-corrected chi connectivity index (χ3v) is 9.08. The van der Waals surface area contributed by atoms with Gasteiger partial charge in [-0.25, -0.2) is 0 Å². The molecule has 4 heterocycles. The molecule has 0 amide bonds. The molecule has 0 radical (unpaired) electrons. The van der Waals surface area contributed by atoms with Crippen molar-refractivity contribution in [3.8, 4) is 11.4 Å². The van der Waals surface area contributed by atoms with Crippen molar-refractivity contribution in [2.24, 2.45) is 0 Å². The van der Waals surface area contributed by atoms with Crippen molar-refractivity contribution in [1.29, 1.82) is 0 Å². The molecule has 4 heteroatoms. The molecule has 4 aromatic heterocycles. The van der Waals surface area contributed by atoms with E-state index < -0.39 is 0 Å². The molecule has 0 saturated heterocycles. The first-order valence-corrected chi connectivity index (χ1v) is 14.0. The van der Waals surface area contributed by atoms with Crippen LogP contribution in [0, 0.1) is 0 Å². The average molecular weight is 516 g/mol. The highest BCUT2D eigenvalue weighted by Gasteiger charge is 2.18. The third kappa shape index (κ3) is 2.89. The molecular formula is C35H21N3S. The van der Waals surface area contributed by atoms with Crippen molar-refractivity contribution in [3.05, 3.63) is 128 Å². The second-order valence-corrected chi connectivity index (χ2v) is 11.1. The van der Waals surface area contributed by atoms with Crippen molar-refractivity contribution in [2.75, 3.05) is 0 Å². The Bertz CT molecular complexity index is 2390. The highest BCUT2D eigenvalue weighted by atomic mass is 32.1. The Morgan fingerprint density at radius 1 is 0.436 bits per heavy atom. The molecular weight excluding hydrogens is 494 g/mol. The van der Waals surface area contributed by atoms with Gasteiger partial charge in [-0.05, 0) is 66.7 Å². The van der Waals surface area contributed by atoms with Gasteiger partial charge in [-0.3, -0.25) is 4.98 Å². The lowest BCUT2D eigenvalue weighted by Crippen LogP contribution is -1.95. The van der Waals surface area contributed by atoms with Gasteiger partial charge in [-0.1, -0.05) is 54.6 Å². The van der Waals surface area contributed by atoms with Crippen molar-refractivity contribution >= 4 is 75.3 Å². The molecule has 3 nitrogen and oxygen atoms in total. The van der Waals surface area contributed by atoms with Crippen LogP contribution in [0.5, 0.6) is 0 Å². The zero-order valence-electron chi connectivity index (χ0n) is 20.9. The summed E-state index contributed by atoms with van der Waals surface area (Å²) < 4.78 is 7.37. The van der Waals surface area contributed by atoms with E-state index in [-0.39, 0.29) is 0 Å². The van der Waals surface area contributed by atoms with E-state index in [9.17, 15) is 0 Å². The molecule has 9 aromatic rings. The molecule has 0 fully saturated rings. The molecule has 0 atom stereocenters. The Balaban J connectivity index is 1.39. The Hall–Kier alpha value is -4.93. The van der Waals surface area contributed by atoms with E-state index >= 15 is 0 Å². The van der Waals surface area contributed by atoms with Crippen LogP contribution in [0.4, 0.5) is 0 Å². The summed E-state index contributed by atoms with van der Waals surface area (Å²) in [6.07, 6.45) is 1.90. The predicted octanol–water partition coefficient (Wildman–Crippen LogP) is 9.64. The lowest BCUT2D eigenvalue weighted by Gasteiger charge is -2.10. The van der Waals surface area contributed by atoms with Gasteiger partial charge in [0.2, 0.25) is 0 Å². The lowest BCUT2D eigenvalue weighted by molar-refractivity contribution is 1.16. The highest BCUT2D eigenvalue weighted by molar-refractivity contribution is 7.25. The maximum atomic E-state index is 4.86. The lowest BCUT2D eigenvalue weighted by atomic mass is 10.1. The van der Waals surface area contributed by atoms with Gasteiger partial charge in [0.25, 0.3) is 0 Å². The Morgan fingerprint density at radius 3 is 2.10 bits per heavy atom. The summed E-state index contributed by atoms with van der Waals surface area (Å²) in [4.78, 5) is 4.86. The van der Waals surface area contributed by atoms with Crippen molar-refractivity contribution in [3.63, 3.8) is 0 Å². The molecule has 39 heavy (non-hydrogen) atoms. The molecule has 0 aliphatic rings. The first kappa shape index (κ1) is 21.1. The minimum atomic E-state index is 1.04. The number of hydrogen-bond acceptors (Lipinski definition) is 2. The summed E-state index contributed by atoms with van der Waals surface area (Å²) in [5.41, 5.74) is 8.09. The quantitative estimate of drug-likeness (QED) is 0.225. The topological polar surface area (TPSA) is 22.8 Å². The van der Waals surface area contributed by atoms with Gasteiger partial charge in [-0.15, -0.1) is 11.3 Å². The fourth-order valence-corrected chi connectivity index (χ4v) is 7.40. The molecule has 0 aliphatic carbocycles. The molecule has 0 aliphatic heterocycles. The van der Waals surface area contributed by atoms with Crippen molar-refractivity contribution < 1.29 is 0 Å². The Morgan fingerprint density at radius 2 is 1.18 bits per heavy atom. The van der Waals surface area contributed by atoms with E-state index in [0.717, 1.165) is 16.7 Å². The summed E-state index contributed by atoms with van der Waals surface area (Å²) in [5.74, 6) is 0. The van der Waals surface area contributed by atoms with Crippen LogP contribution in [-0.2, 0) is 0 Å². The van der Waals surface area contributed by atoms with Crippen LogP contribution in [-0.4, -0.2) is 14.1 Å². The van der Waals surface area contributed by atoms with Crippen LogP contribution < -0.4 is 0 Å². The molecule has 182 valence electrons. The number of nitrogens with zero attached hydrogens (tertiary/aromatic N) is 3. The van der Waals surface area contributed by atoms with E-state index in [1.165, 1.54) is 58.6 Å². The standard InChI is InChI=1S/C35H21N3S/c1-2-9-22(10-3-1)37-29-13-6-4-11-24(29)26-19-23(16-17-30(26)37)38-31-14-8-18-36-35(31)28-20-27-25-12-5-7-15-33(25)39-34(27)21-32(28)38/h1-21H. The van der Waals surface area contributed by atoms with Gasteiger partial charge in [0.1, 0.15) is 0 Å². The molecule has 0 spiro atoms. The van der Waals surface area contributed by atoms with Crippen molar-refractivity contribution in [2.45, 2.75) is 0 Å². The number of hydrogen-bond donors (Lipinski definition) is 0. The van der Waals surface area contributed by atoms with Crippen LogP contribution in [0.2, 0.25) is 0 Å². The summed E-state index contributed by atoms with van der Waals surface area (Å²) in [7, 11) is 0. The fourth-order valence-electron chi connectivity index (χ4n) is 6.28. The normalized spacial score (nSPS) is 12.1. The van der Waals surface area contributed by atoms with Gasteiger partial charge < -0.3 is 9.13 Å². The Labute approximate surface area is 227 Å². The fraction of sp³-hybridized carbons (Fsp3) is 0. The highest BCUT2D eigenvalue weighted by Crippen LogP contribution is 2.41. The monoisotopic (exact) mass is 515 g/mol. The second-order valence-electron chi connectivity index (χ2n) is 10.1. The molecule has 0 saturated carbocycles. The smallest absolute Gasteiger partial charge is 0.0963 e. The number of pyridine rings is 1. The summed E-state index contributed by atoms with van der Waals surface area (Å²) in [6, 6.07) is 43.8. The summed E-state index contributed by atoms with van der Waals surface area (Å²) in [6.45, 7) is 0. The first-order chi connectivity index (χ1) is 19.3. The predicted molar refractivity (Wildman–Crippen MR) is 166 cm³/mol. The van der Waals surface area contributed by atoms with Crippen LogP contribution in [0.25, 0.3) is 75.3 Å². The molecule has 0 bridgehead atoms. The van der Waals surface area contributed by atoms with Crippen LogP contribution in [0.3, 0.4) is 0 Å². The summed E-state index contributed by atoms with van der Waals surface area (Å²) in [5, 5.41) is 6.30. The van der Waals surface area contributed by atoms with Gasteiger partial charge in [0.05, 0.1) is 27.6 Å². The van der Waals surface area contributed by atoms with E-state index in [0.29, 0.717) is 0 Å². The van der Waals surface area contributed by atoms with E-state index in [1.807, 2.05) is 23.6 Å². The number of para-hydroxylation sites is 2. The maximum Gasteiger partial charge on any atom is 0.0963 e. The van der Waals surface area contributed by atoms with Crippen molar-refractivity contribution in [1.82, 2.24) is 14.1 Å². The average Bonchev–Trinajstić information content (AvgIpc) is 3.63. The maximum absolute atomic E-state index is 4.86. The number of fused-ring (bicyclic) bond motifs is 9. The van der Waals surface area contributed by atoms with Crippen LogP contribution in [0.15, 0.2) is 128 Å². The number of aromatic nitrogens is 3. The molecule has 9 rings (SSSR count). The first-order valence-electron chi connectivity index (χ1n) is 13.1. The second kappa shape index (κ2) is 7.79. The zero-order chi connectivity index (χ0) is 25.5. The number of thiophene rings is 1. The minimum Gasteiger partial charge on any atom is -0.309 e. The minimum absolute atomic E-state index is 1.04. The van der Waals surface area contributed by atoms with Crippen LogP contribution >= 0.6 is 11.3 Å². The molecule has 0 N–H and O–H groups in total. The molecule has 5 aromatic carbocycles. The van der Waals surface area contributed by atoms with Gasteiger partial charge in [0, 0.05) is 53.9 Å². The van der Waals surface area contributed by atoms with E-state index in [2.05, 4.69) is 124 Å². The number of rotatable bonds is 2. The van der Waals surface area contributed by atoms with Gasteiger partial charge in [0.15, 0.2) is 0 Å². The van der Waals surface area contributed by atoms with Crippen LogP contribution in [0.1, 0.15) is 0 Å². The largest absolute Gasteiger partial charge is 0.309 e. The zero-order valence-corrected chi connectivity index (χ0v) is 21.7. The van der Waals surface area contributed by atoms with Gasteiger partial charge >= 0.3 is 0 Å². The van der Waals surface area contributed by atoms with E-state index in [1.54, 1.807) is 0 Å². The van der Waals surface area contributed by atoms with E-state index in [4.69, 9.17) is 4.98 Å². The Kier molecular flexibility index (Phi) is 4.21. The molecule has 0 unspecified atom stereocenters. The SMILES string of the molecule is c1ccc(-n2c3ccccc3c3cc(-n4c5cc6sc7ccccc7c6cc5c5ncccc54)ccc32)cc1.